The molecule has 1 amide bonds. The molecule has 1 saturated heterocycles. The van der Waals surface area contributed by atoms with Crippen molar-refractivity contribution >= 4 is 22.8 Å². The van der Waals surface area contributed by atoms with Gasteiger partial charge in [0.15, 0.2) is 5.17 Å². The average Bonchev–Trinajstić information content (AvgIpc) is 2.90. The summed E-state index contributed by atoms with van der Waals surface area (Å²) >= 11 is 1.42. The van der Waals surface area contributed by atoms with Crippen molar-refractivity contribution in [2.45, 2.75) is 24.7 Å². The maximum Gasteiger partial charge on any atom is 0.257 e. The van der Waals surface area contributed by atoms with Gasteiger partial charge in [-0.15, -0.1) is 0 Å². The standard InChI is InChI=1S/C28H26F2N2O3S/c29-22-11-12-24(25(30)14-22)28-18-35-23(16-34-15-19-7-3-1-4-8-19)13-21(28)17-36-27(32-28)31-26(33)20-9-5-2-6-10-20/h1-12,14,21,23H,13,15-18H2,(H,31,32,33). The zero-order chi connectivity index (χ0) is 25.0. The number of carbonyl (C=O) groups excluding carboxylic acids is 1. The van der Waals surface area contributed by atoms with Gasteiger partial charge in [-0.2, -0.15) is 0 Å². The Morgan fingerprint density at radius 2 is 1.83 bits per heavy atom. The van der Waals surface area contributed by atoms with Crippen LogP contribution in [0.1, 0.15) is 27.9 Å². The normalized spacial score (nSPS) is 23.4. The van der Waals surface area contributed by atoms with Crippen LogP contribution in [0.15, 0.2) is 83.9 Å². The first-order valence-corrected chi connectivity index (χ1v) is 12.8. The molecule has 8 heteroatoms. The predicted octanol–water partition coefficient (Wildman–Crippen LogP) is 5.31. The topological polar surface area (TPSA) is 59.9 Å². The maximum absolute atomic E-state index is 15.1. The number of hydrogen-bond acceptors (Lipinski definition) is 5. The molecule has 0 aliphatic carbocycles. The van der Waals surface area contributed by atoms with Crippen molar-refractivity contribution < 1.29 is 23.0 Å². The average molecular weight is 509 g/mol. The van der Waals surface area contributed by atoms with E-state index in [9.17, 15) is 9.18 Å². The van der Waals surface area contributed by atoms with Gasteiger partial charge in [0.1, 0.15) is 17.2 Å². The largest absolute Gasteiger partial charge is 0.374 e. The van der Waals surface area contributed by atoms with E-state index >= 15 is 4.39 Å². The Morgan fingerprint density at radius 1 is 1.08 bits per heavy atom. The molecule has 1 N–H and O–H groups in total. The molecule has 36 heavy (non-hydrogen) atoms. The minimum absolute atomic E-state index is 0.0843. The number of fused-ring (bicyclic) bond motifs is 1. The molecule has 0 spiro atoms. The van der Waals surface area contributed by atoms with Crippen LogP contribution in [-0.4, -0.2) is 36.1 Å². The van der Waals surface area contributed by atoms with E-state index < -0.39 is 17.2 Å². The zero-order valence-corrected chi connectivity index (χ0v) is 20.3. The van der Waals surface area contributed by atoms with Gasteiger partial charge >= 0.3 is 0 Å². The molecule has 1 fully saturated rings. The van der Waals surface area contributed by atoms with Crippen LogP contribution in [-0.2, 0) is 21.6 Å². The summed E-state index contributed by atoms with van der Waals surface area (Å²) < 4.78 is 40.8. The van der Waals surface area contributed by atoms with E-state index in [2.05, 4.69) is 5.32 Å². The molecule has 3 atom stereocenters. The van der Waals surface area contributed by atoms with Crippen molar-refractivity contribution in [1.82, 2.24) is 5.32 Å². The summed E-state index contributed by atoms with van der Waals surface area (Å²) in [5.74, 6) is -1.10. The second kappa shape index (κ2) is 10.9. The number of rotatable bonds is 6. The number of thioether (sulfide) groups is 1. The van der Waals surface area contributed by atoms with Crippen molar-refractivity contribution in [2.75, 3.05) is 19.0 Å². The van der Waals surface area contributed by atoms with Crippen molar-refractivity contribution in [2.24, 2.45) is 10.9 Å². The number of amidine groups is 1. The fourth-order valence-electron chi connectivity index (χ4n) is 4.69. The first kappa shape index (κ1) is 24.6. The van der Waals surface area contributed by atoms with Gasteiger partial charge in [-0.05, 0) is 30.2 Å². The fourth-order valence-corrected chi connectivity index (χ4v) is 5.85. The number of amides is 1. The molecule has 186 valence electrons. The lowest BCUT2D eigenvalue weighted by Crippen LogP contribution is -2.52. The zero-order valence-electron chi connectivity index (χ0n) is 19.5. The van der Waals surface area contributed by atoms with Gasteiger partial charge in [-0.3, -0.25) is 4.79 Å². The third-order valence-electron chi connectivity index (χ3n) is 6.55. The van der Waals surface area contributed by atoms with Crippen molar-refractivity contribution in [1.29, 1.82) is 0 Å². The summed E-state index contributed by atoms with van der Waals surface area (Å²) in [4.78, 5) is 17.6. The van der Waals surface area contributed by atoms with Crippen molar-refractivity contribution in [3.63, 3.8) is 0 Å². The minimum Gasteiger partial charge on any atom is -0.374 e. The third-order valence-corrected chi connectivity index (χ3v) is 7.59. The third kappa shape index (κ3) is 5.36. The molecule has 0 bridgehead atoms. The summed E-state index contributed by atoms with van der Waals surface area (Å²) in [5.41, 5.74) is 0.774. The Balaban J connectivity index is 1.36. The van der Waals surface area contributed by atoms with Gasteiger partial charge in [-0.25, -0.2) is 13.8 Å². The van der Waals surface area contributed by atoms with Crippen molar-refractivity contribution in [3.8, 4) is 0 Å². The molecular weight excluding hydrogens is 482 g/mol. The number of nitrogens with one attached hydrogen (secondary N) is 1. The Kier molecular flexibility index (Phi) is 7.46. The molecule has 3 aromatic rings. The Labute approximate surface area is 212 Å². The molecule has 0 radical (unpaired) electrons. The number of ether oxygens (including phenoxy) is 2. The summed E-state index contributed by atoms with van der Waals surface area (Å²) in [6, 6.07) is 22.3. The Morgan fingerprint density at radius 3 is 2.58 bits per heavy atom. The maximum atomic E-state index is 15.1. The second-order valence-corrected chi connectivity index (χ2v) is 9.97. The molecule has 3 aromatic carbocycles. The summed E-state index contributed by atoms with van der Waals surface area (Å²) in [7, 11) is 0. The molecule has 0 saturated carbocycles. The summed E-state index contributed by atoms with van der Waals surface area (Å²) in [6.07, 6.45) is 0.425. The van der Waals surface area contributed by atoms with E-state index in [-0.39, 0.29) is 30.1 Å². The molecule has 2 aliphatic rings. The van der Waals surface area contributed by atoms with Crippen molar-refractivity contribution in [3.05, 3.63) is 107 Å². The van der Waals surface area contributed by atoms with Crippen LogP contribution in [0.2, 0.25) is 0 Å². The molecule has 2 aliphatic heterocycles. The lowest BCUT2D eigenvalue weighted by atomic mass is 9.75. The SMILES string of the molecule is O=C(NC1=NC2(c3ccc(F)cc3F)COC(COCc3ccccc3)CC2CS1)c1ccccc1. The highest BCUT2D eigenvalue weighted by Crippen LogP contribution is 2.47. The number of nitrogens with zero attached hydrogens (tertiary/aromatic N) is 1. The van der Waals surface area contributed by atoms with Crippen LogP contribution >= 0.6 is 11.8 Å². The molecule has 3 unspecified atom stereocenters. The van der Waals surface area contributed by atoms with Crippen LogP contribution in [0, 0.1) is 17.6 Å². The molecule has 5 rings (SSSR count). The Hall–Kier alpha value is -3.07. The number of aliphatic imine (C=N–C) groups is 1. The van der Waals surface area contributed by atoms with Gasteiger partial charge in [-0.1, -0.05) is 66.4 Å². The van der Waals surface area contributed by atoms with E-state index in [1.165, 1.54) is 23.9 Å². The van der Waals surface area contributed by atoms with E-state index in [1.807, 2.05) is 36.4 Å². The lowest BCUT2D eigenvalue weighted by Gasteiger charge is -2.46. The highest BCUT2D eigenvalue weighted by atomic mass is 32.2. The number of carbonyl (C=O) groups is 1. The summed E-state index contributed by atoms with van der Waals surface area (Å²) in [5, 5.41) is 3.25. The smallest absolute Gasteiger partial charge is 0.257 e. The minimum atomic E-state index is -1.07. The van der Waals surface area contributed by atoms with Gasteiger partial charge in [0.25, 0.3) is 5.91 Å². The highest BCUT2D eigenvalue weighted by Gasteiger charge is 2.49. The van der Waals surface area contributed by atoms with Crippen LogP contribution in [0.3, 0.4) is 0 Å². The van der Waals surface area contributed by atoms with Crippen LogP contribution in [0.5, 0.6) is 0 Å². The molecule has 2 heterocycles. The second-order valence-electron chi connectivity index (χ2n) is 8.96. The number of hydrogen-bond donors (Lipinski definition) is 1. The number of benzene rings is 3. The fraction of sp³-hybridized carbons (Fsp3) is 0.286. The van der Waals surface area contributed by atoms with E-state index in [1.54, 1.807) is 24.3 Å². The van der Waals surface area contributed by atoms with Crippen LogP contribution in [0.4, 0.5) is 8.78 Å². The first-order chi connectivity index (χ1) is 17.5. The quantitative estimate of drug-likeness (QED) is 0.490. The van der Waals surface area contributed by atoms with Gasteiger partial charge in [0.05, 0.1) is 25.9 Å². The van der Waals surface area contributed by atoms with Gasteiger partial charge in [0, 0.05) is 28.9 Å². The predicted molar refractivity (Wildman–Crippen MR) is 136 cm³/mol. The molecule has 5 nitrogen and oxygen atoms in total. The number of halogens is 2. The lowest BCUT2D eigenvalue weighted by molar-refractivity contribution is -0.0927. The van der Waals surface area contributed by atoms with Crippen LogP contribution in [0.25, 0.3) is 0 Å². The molecule has 0 aromatic heterocycles. The Bertz CT molecular complexity index is 1240. The highest BCUT2D eigenvalue weighted by molar-refractivity contribution is 8.13. The van der Waals surface area contributed by atoms with Gasteiger partial charge in [0.2, 0.25) is 0 Å². The summed E-state index contributed by atoms with van der Waals surface area (Å²) in [6.45, 7) is 0.982. The monoisotopic (exact) mass is 508 g/mol. The van der Waals surface area contributed by atoms with Gasteiger partial charge < -0.3 is 14.8 Å². The van der Waals surface area contributed by atoms with E-state index in [0.717, 1.165) is 11.6 Å². The van der Waals surface area contributed by atoms with E-state index in [4.69, 9.17) is 14.5 Å². The van der Waals surface area contributed by atoms with Crippen LogP contribution < -0.4 is 5.32 Å². The van der Waals surface area contributed by atoms with E-state index in [0.29, 0.717) is 36.1 Å². The first-order valence-electron chi connectivity index (χ1n) is 11.8. The molecular formula is C28H26F2N2O3S.